The normalized spacial score (nSPS) is 12.1. The Kier molecular flexibility index (Phi) is 4.99. The highest BCUT2D eigenvalue weighted by Gasteiger charge is 2.04. The van der Waals surface area contributed by atoms with E-state index in [-0.39, 0.29) is 6.04 Å². The zero-order chi connectivity index (χ0) is 11.1. The van der Waals surface area contributed by atoms with Crippen LogP contribution in [0.25, 0.3) is 0 Å². The van der Waals surface area contributed by atoms with Gasteiger partial charge in [0.25, 0.3) is 0 Å². The summed E-state index contributed by atoms with van der Waals surface area (Å²) in [6, 6.07) is 0.167. The smallest absolute Gasteiger partial charge is 0.213 e. The maximum absolute atomic E-state index is 5.05. The molecule has 2 N–H and O–H groups in total. The van der Waals surface area contributed by atoms with Gasteiger partial charge in [-0.15, -0.1) is 0 Å². The summed E-state index contributed by atoms with van der Waals surface area (Å²) < 4.78 is 9.55. The summed E-state index contributed by atoms with van der Waals surface area (Å²) in [4.78, 5) is 3.85. The van der Waals surface area contributed by atoms with Crippen LogP contribution < -0.4 is 10.6 Å². The summed E-state index contributed by atoms with van der Waals surface area (Å²) in [5.41, 5.74) is 0. The summed E-state index contributed by atoms with van der Waals surface area (Å²) in [6.07, 6.45) is 1.28. The summed E-state index contributed by atoms with van der Waals surface area (Å²) in [5.74, 6) is 0.568. The van der Waals surface area contributed by atoms with Crippen LogP contribution in [0.3, 0.4) is 0 Å². The lowest BCUT2D eigenvalue weighted by Crippen LogP contribution is -2.42. The third kappa shape index (κ3) is 4.71. The Labute approximate surface area is 93.4 Å². The van der Waals surface area contributed by atoms with Crippen LogP contribution in [0.1, 0.15) is 12.7 Å². The molecule has 0 fully saturated rings. The van der Waals surface area contributed by atoms with E-state index in [1.807, 2.05) is 6.92 Å². The minimum absolute atomic E-state index is 0.167. The molecule has 1 atom stereocenters. The lowest BCUT2D eigenvalue weighted by atomic mass is 10.4. The van der Waals surface area contributed by atoms with Gasteiger partial charge in [-0.2, -0.15) is 4.98 Å². The third-order valence-electron chi connectivity index (χ3n) is 1.61. The van der Waals surface area contributed by atoms with Crippen LogP contribution >= 0.6 is 12.2 Å². The molecule has 0 aliphatic carbocycles. The van der Waals surface area contributed by atoms with Crippen LogP contribution in [0.5, 0.6) is 0 Å². The van der Waals surface area contributed by atoms with Crippen molar-refractivity contribution in [1.82, 2.24) is 20.8 Å². The topological polar surface area (TPSA) is 72.2 Å². The SMILES string of the molecule is COCC(C)NC(=S)NCc1ncon1. The van der Waals surface area contributed by atoms with Crippen molar-refractivity contribution in [3.63, 3.8) is 0 Å². The summed E-state index contributed by atoms with van der Waals surface area (Å²) in [7, 11) is 1.65. The molecular weight excluding hydrogens is 216 g/mol. The fourth-order valence-electron chi connectivity index (χ4n) is 0.996. The Hall–Kier alpha value is -1.21. The van der Waals surface area contributed by atoms with Crippen molar-refractivity contribution in [3.05, 3.63) is 12.2 Å². The molecule has 1 aromatic heterocycles. The van der Waals surface area contributed by atoms with Gasteiger partial charge in [-0.25, -0.2) is 0 Å². The van der Waals surface area contributed by atoms with Crippen LogP contribution in [-0.2, 0) is 11.3 Å². The van der Waals surface area contributed by atoms with Crippen LogP contribution in [0, 0.1) is 0 Å². The standard InChI is InChI=1S/C8H14N4O2S/c1-6(4-13-2)11-8(15)9-3-7-10-5-14-12-7/h5-6H,3-4H2,1-2H3,(H2,9,11,15). The van der Waals surface area contributed by atoms with Gasteiger partial charge in [-0.3, -0.25) is 0 Å². The first kappa shape index (κ1) is 11.9. The Bertz CT molecular complexity index is 291. The van der Waals surface area contributed by atoms with Crippen molar-refractivity contribution in [2.75, 3.05) is 13.7 Å². The predicted molar refractivity (Wildman–Crippen MR) is 58.2 cm³/mol. The molecule has 0 saturated heterocycles. The lowest BCUT2D eigenvalue weighted by molar-refractivity contribution is 0.179. The second kappa shape index (κ2) is 6.31. The molecule has 1 rings (SSSR count). The number of hydrogen-bond donors (Lipinski definition) is 2. The van der Waals surface area contributed by atoms with E-state index in [2.05, 4.69) is 25.3 Å². The number of nitrogens with one attached hydrogen (secondary N) is 2. The van der Waals surface area contributed by atoms with Crippen molar-refractivity contribution < 1.29 is 9.26 Å². The minimum atomic E-state index is 0.167. The average molecular weight is 230 g/mol. The quantitative estimate of drug-likeness (QED) is 0.693. The van der Waals surface area contributed by atoms with Crippen LogP contribution in [0.15, 0.2) is 10.9 Å². The Morgan fingerprint density at radius 3 is 3.13 bits per heavy atom. The molecule has 0 saturated carbocycles. The van der Waals surface area contributed by atoms with Crippen LogP contribution in [-0.4, -0.2) is 35.0 Å². The highest BCUT2D eigenvalue weighted by molar-refractivity contribution is 7.80. The number of methoxy groups -OCH3 is 1. The van der Waals surface area contributed by atoms with Gasteiger partial charge in [0.15, 0.2) is 10.9 Å². The van der Waals surface area contributed by atoms with Crippen molar-refractivity contribution in [1.29, 1.82) is 0 Å². The van der Waals surface area contributed by atoms with E-state index in [9.17, 15) is 0 Å². The number of aromatic nitrogens is 2. The van der Waals surface area contributed by atoms with Gasteiger partial charge in [0, 0.05) is 13.2 Å². The molecule has 0 aliphatic rings. The van der Waals surface area contributed by atoms with E-state index in [4.69, 9.17) is 17.0 Å². The van der Waals surface area contributed by atoms with E-state index < -0.39 is 0 Å². The molecule has 15 heavy (non-hydrogen) atoms. The third-order valence-corrected chi connectivity index (χ3v) is 1.87. The maximum Gasteiger partial charge on any atom is 0.213 e. The zero-order valence-electron chi connectivity index (χ0n) is 8.69. The number of ether oxygens (including phenoxy) is 1. The Morgan fingerprint density at radius 1 is 1.73 bits per heavy atom. The average Bonchev–Trinajstić information content (AvgIpc) is 2.67. The number of nitrogens with zero attached hydrogens (tertiary/aromatic N) is 2. The van der Waals surface area contributed by atoms with Crippen LogP contribution in [0.4, 0.5) is 0 Å². The molecule has 1 heterocycles. The highest BCUT2D eigenvalue weighted by atomic mass is 32.1. The monoisotopic (exact) mass is 230 g/mol. The van der Waals surface area contributed by atoms with Crippen molar-refractivity contribution >= 4 is 17.3 Å². The van der Waals surface area contributed by atoms with Crippen molar-refractivity contribution in [2.24, 2.45) is 0 Å². The molecule has 0 aliphatic heterocycles. The molecule has 0 amide bonds. The Morgan fingerprint density at radius 2 is 2.53 bits per heavy atom. The van der Waals surface area contributed by atoms with E-state index >= 15 is 0 Å². The minimum Gasteiger partial charge on any atom is -0.383 e. The molecule has 0 bridgehead atoms. The second-order valence-corrected chi connectivity index (χ2v) is 3.44. The summed E-state index contributed by atoms with van der Waals surface area (Å²) in [6.45, 7) is 3.03. The first-order valence-corrected chi connectivity index (χ1v) is 4.91. The molecular formula is C8H14N4O2S. The van der Waals surface area contributed by atoms with Gasteiger partial charge >= 0.3 is 0 Å². The Balaban J connectivity index is 2.19. The summed E-state index contributed by atoms with van der Waals surface area (Å²) >= 11 is 5.05. The number of hydrogen-bond acceptors (Lipinski definition) is 5. The predicted octanol–water partition coefficient (Wildman–Crippen LogP) is 0.0686. The fourth-order valence-corrected chi connectivity index (χ4v) is 1.27. The van der Waals surface area contributed by atoms with Gasteiger partial charge in [-0.1, -0.05) is 5.16 Å². The van der Waals surface area contributed by atoms with E-state index in [1.165, 1.54) is 6.39 Å². The van der Waals surface area contributed by atoms with E-state index in [0.717, 1.165) is 0 Å². The molecule has 0 aromatic carbocycles. The first-order chi connectivity index (χ1) is 7.22. The second-order valence-electron chi connectivity index (χ2n) is 3.03. The maximum atomic E-state index is 5.05. The van der Waals surface area contributed by atoms with Crippen molar-refractivity contribution in [3.8, 4) is 0 Å². The highest BCUT2D eigenvalue weighted by Crippen LogP contribution is 1.87. The number of rotatable bonds is 5. The van der Waals surface area contributed by atoms with Gasteiger partial charge in [0.05, 0.1) is 13.2 Å². The molecule has 1 aromatic rings. The lowest BCUT2D eigenvalue weighted by Gasteiger charge is -2.15. The molecule has 0 spiro atoms. The first-order valence-electron chi connectivity index (χ1n) is 4.51. The molecule has 84 valence electrons. The van der Waals surface area contributed by atoms with Crippen molar-refractivity contribution in [2.45, 2.75) is 19.5 Å². The van der Waals surface area contributed by atoms with E-state index in [1.54, 1.807) is 7.11 Å². The van der Waals surface area contributed by atoms with Gasteiger partial charge in [0.2, 0.25) is 6.39 Å². The molecule has 6 nitrogen and oxygen atoms in total. The summed E-state index contributed by atoms with van der Waals surface area (Å²) in [5, 5.41) is 10.2. The largest absolute Gasteiger partial charge is 0.383 e. The zero-order valence-corrected chi connectivity index (χ0v) is 9.50. The van der Waals surface area contributed by atoms with Gasteiger partial charge in [0.1, 0.15) is 0 Å². The molecule has 0 radical (unpaired) electrons. The molecule has 1 unspecified atom stereocenters. The van der Waals surface area contributed by atoms with E-state index in [0.29, 0.717) is 24.1 Å². The van der Waals surface area contributed by atoms with Crippen LogP contribution in [0.2, 0.25) is 0 Å². The van der Waals surface area contributed by atoms with Gasteiger partial charge < -0.3 is 19.9 Å². The van der Waals surface area contributed by atoms with Gasteiger partial charge in [-0.05, 0) is 19.1 Å². The molecule has 7 heteroatoms. The number of thiocarbonyl (C=S) groups is 1. The fraction of sp³-hybridized carbons (Fsp3) is 0.625.